The van der Waals surface area contributed by atoms with Gasteiger partial charge in [-0.2, -0.15) is 0 Å². The minimum absolute atomic E-state index is 0.198. The number of rotatable bonds is 5. The Kier molecular flexibility index (Phi) is 4.88. The molecule has 2 heterocycles. The molecule has 0 atom stereocenters. The van der Waals surface area contributed by atoms with Gasteiger partial charge in [0.25, 0.3) is 0 Å². The van der Waals surface area contributed by atoms with Gasteiger partial charge in [0, 0.05) is 4.70 Å². The monoisotopic (exact) mass is 425 g/mol. The van der Waals surface area contributed by atoms with Crippen molar-refractivity contribution < 1.29 is 14.6 Å². The Balaban J connectivity index is 1.65. The predicted octanol–water partition coefficient (Wildman–Crippen LogP) is 6.70. The van der Waals surface area contributed by atoms with Gasteiger partial charge in [-0.15, -0.1) is 11.3 Å². The average Bonchev–Trinajstić information content (AvgIpc) is 3.23. The maximum Gasteiger partial charge on any atom is 0.336 e. The number of benzene rings is 3. The summed E-state index contributed by atoms with van der Waals surface area (Å²) in [6, 6.07) is 25.4. The molecule has 2 aromatic heterocycles. The van der Waals surface area contributed by atoms with E-state index in [1.165, 1.54) is 0 Å². The van der Waals surface area contributed by atoms with Gasteiger partial charge in [-0.25, -0.2) is 9.78 Å². The summed E-state index contributed by atoms with van der Waals surface area (Å²) in [6.07, 6.45) is 0. The van der Waals surface area contributed by atoms with Crippen molar-refractivity contribution >= 4 is 38.3 Å². The van der Waals surface area contributed by atoms with Crippen LogP contribution >= 0.6 is 11.3 Å². The largest absolute Gasteiger partial charge is 0.488 e. The Morgan fingerprint density at radius 1 is 1.00 bits per heavy atom. The van der Waals surface area contributed by atoms with Crippen LogP contribution in [0.15, 0.2) is 78.9 Å². The first kappa shape index (κ1) is 19.3. The lowest BCUT2D eigenvalue weighted by atomic mass is 10.0. The minimum atomic E-state index is -0.995. The molecule has 0 unspecified atom stereocenters. The van der Waals surface area contributed by atoms with Gasteiger partial charge in [0.1, 0.15) is 12.4 Å². The Hall–Kier alpha value is -3.70. The van der Waals surface area contributed by atoms with E-state index < -0.39 is 5.97 Å². The molecule has 0 saturated heterocycles. The first-order valence-electron chi connectivity index (χ1n) is 9.93. The van der Waals surface area contributed by atoms with Crippen LogP contribution < -0.4 is 4.74 Å². The van der Waals surface area contributed by atoms with Crippen LogP contribution in [0.1, 0.15) is 21.5 Å². The van der Waals surface area contributed by atoms with Gasteiger partial charge in [-0.05, 0) is 47.7 Å². The van der Waals surface area contributed by atoms with Gasteiger partial charge < -0.3 is 9.84 Å². The minimum Gasteiger partial charge on any atom is -0.488 e. The standard InChI is InChI=1S/C26H19NO3S/c1-16-11-12-21(30-15-17-7-3-2-4-8-17)24-19(26(28)29)14-20(27-25(16)24)23-13-18-9-5-6-10-22(18)31-23/h2-14H,15H2,1H3,(H,28,29). The van der Waals surface area contributed by atoms with E-state index in [1.807, 2.05) is 61.5 Å². The fraction of sp³-hybridized carbons (Fsp3) is 0.0769. The Labute approximate surface area is 183 Å². The number of thiophene rings is 1. The summed E-state index contributed by atoms with van der Waals surface area (Å²) < 4.78 is 7.19. The zero-order chi connectivity index (χ0) is 21.4. The smallest absolute Gasteiger partial charge is 0.336 e. The highest BCUT2D eigenvalue weighted by Gasteiger charge is 2.19. The van der Waals surface area contributed by atoms with E-state index in [2.05, 4.69) is 18.2 Å². The molecule has 0 radical (unpaired) electrons. The van der Waals surface area contributed by atoms with Gasteiger partial charge in [0.2, 0.25) is 0 Å². The maximum atomic E-state index is 12.2. The number of pyridine rings is 1. The third kappa shape index (κ3) is 3.64. The van der Waals surface area contributed by atoms with E-state index >= 15 is 0 Å². The van der Waals surface area contributed by atoms with E-state index in [9.17, 15) is 9.90 Å². The second kappa shape index (κ2) is 7.85. The number of carboxylic acid groups (broad SMARTS) is 1. The molecule has 0 aliphatic rings. The van der Waals surface area contributed by atoms with E-state index in [1.54, 1.807) is 17.4 Å². The first-order valence-corrected chi connectivity index (χ1v) is 10.7. The maximum absolute atomic E-state index is 12.2. The van der Waals surface area contributed by atoms with Crippen molar-refractivity contribution in [1.82, 2.24) is 4.98 Å². The SMILES string of the molecule is Cc1ccc(OCc2ccccc2)c2c(C(=O)O)cc(-c3cc4ccccc4s3)nc12. The van der Waals surface area contributed by atoms with Crippen LogP contribution in [0.25, 0.3) is 31.6 Å². The van der Waals surface area contributed by atoms with Crippen molar-refractivity contribution in [2.75, 3.05) is 0 Å². The highest BCUT2D eigenvalue weighted by molar-refractivity contribution is 7.22. The number of aromatic nitrogens is 1. The summed E-state index contributed by atoms with van der Waals surface area (Å²) in [5, 5.41) is 11.7. The van der Waals surface area contributed by atoms with Crippen molar-refractivity contribution in [2.45, 2.75) is 13.5 Å². The summed E-state index contributed by atoms with van der Waals surface area (Å²) in [5.74, 6) is -0.470. The number of hydrogen-bond acceptors (Lipinski definition) is 4. The van der Waals surface area contributed by atoms with E-state index in [0.717, 1.165) is 26.1 Å². The molecule has 1 N–H and O–H groups in total. The van der Waals surface area contributed by atoms with Crippen molar-refractivity contribution in [1.29, 1.82) is 0 Å². The van der Waals surface area contributed by atoms with E-state index in [4.69, 9.17) is 9.72 Å². The van der Waals surface area contributed by atoms with Crippen LogP contribution in [-0.4, -0.2) is 16.1 Å². The molecule has 0 amide bonds. The summed E-state index contributed by atoms with van der Waals surface area (Å²) >= 11 is 1.61. The first-order chi connectivity index (χ1) is 15.1. The van der Waals surface area contributed by atoms with Crippen molar-refractivity contribution in [3.8, 4) is 16.3 Å². The number of carboxylic acids is 1. The predicted molar refractivity (Wildman–Crippen MR) is 125 cm³/mol. The highest BCUT2D eigenvalue weighted by Crippen LogP contribution is 2.37. The molecular weight excluding hydrogens is 406 g/mol. The van der Waals surface area contributed by atoms with Gasteiger partial charge in [0.15, 0.2) is 0 Å². The second-order valence-electron chi connectivity index (χ2n) is 7.39. The van der Waals surface area contributed by atoms with Crippen molar-refractivity contribution in [3.05, 3.63) is 95.6 Å². The summed E-state index contributed by atoms with van der Waals surface area (Å²) in [5.41, 5.74) is 3.44. The molecule has 5 aromatic rings. The van der Waals surface area contributed by atoms with Crippen molar-refractivity contribution in [3.63, 3.8) is 0 Å². The normalized spacial score (nSPS) is 11.1. The molecule has 0 aliphatic carbocycles. The van der Waals surface area contributed by atoms with Crippen LogP contribution in [0.4, 0.5) is 0 Å². The van der Waals surface area contributed by atoms with Crippen LogP contribution in [-0.2, 0) is 6.61 Å². The molecule has 4 nitrogen and oxygen atoms in total. The number of hydrogen-bond donors (Lipinski definition) is 1. The Morgan fingerprint density at radius 2 is 1.77 bits per heavy atom. The van der Waals surface area contributed by atoms with Gasteiger partial charge in [-0.3, -0.25) is 0 Å². The topological polar surface area (TPSA) is 59.4 Å². The lowest BCUT2D eigenvalue weighted by Gasteiger charge is -2.14. The molecule has 0 spiro atoms. The number of fused-ring (bicyclic) bond motifs is 2. The Morgan fingerprint density at radius 3 is 2.55 bits per heavy atom. The quantitative estimate of drug-likeness (QED) is 0.340. The van der Waals surface area contributed by atoms with Gasteiger partial charge in [-0.1, -0.05) is 54.6 Å². The molecule has 31 heavy (non-hydrogen) atoms. The van der Waals surface area contributed by atoms with Crippen LogP contribution in [0, 0.1) is 6.92 Å². The van der Waals surface area contributed by atoms with Crippen LogP contribution in [0.3, 0.4) is 0 Å². The second-order valence-corrected chi connectivity index (χ2v) is 8.47. The number of ether oxygens (including phenoxy) is 1. The average molecular weight is 426 g/mol. The molecule has 3 aromatic carbocycles. The lowest BCUT2D eigenvalue weighted by Crippen LogP contribution is -2.04. The highest BCUT2D eigenvalue weighted by atomic mass is 32.1. The van der Waals surface area contributed by atoms with E-state index in [0.29, 0.717) is 29.0 Å². The van der Waals surface area contributed by atoms with Gasteiger partial charge >= 0.3 is 5.97 Å². The molecule has 0 aliphatic heterocycles. The summed E-state index contributed by atoms with van der Waals surface area (Å²) in [7, 11) is 0. The fourth-order valence-corrected chi connectivity index (χ4v) is 4.72. The van der Waals surface area contributed by atoms with E-state index in [-0.39, 0.29) is 5.56 Å². The summed E-state index contributed by atoms with van der Waals surface area (Å²) in [6.45, 7) is 2.30. The fourth-order valence-electron chi connectivity index (χ4n) is 3.70. The molecule has 5 heteroatoms. The van der Waals surface area contributed by atoms with Crippen LogP contribution in [0.5, 0.6) is 5.75 Å². The third-order valence-electron chi connectivity index (χ3n) is 5.27. The number of aromatic carboxylic acids is 1. The summed E-state index contributed by atoms with van der Waals surface area (Å²) in [4.78, 5) is 18.0. The number of aryl methyl sites for hydroxylation is 1. The number of nitrogens with zero attached hydrogens (tertiary/aromatic N) is 1. The zero-order valence-electron chi connectivity index (χ0n) is 16.8. The number of carbonyl (C=O) groups is 1. The Bertz CT molecular complexity index is 1390. The zero-order valence-corrected chi connectivity index (χ0v) is 17.6. The molecule has 152 valence electrons. The lowest BCUT2D eigenvalue weighted by molar-refractivity contribution is 0.0698. The van der Waals surface area contributed by atoms with Crippen LogP contribution in [0.2, 0.25) is 0 Å². The van der Waals surface area contributed by atoms with Crippen molar-refractivity contribution in [2.24, 2.45) is 0 Å². The molecule has 0 fully saturated rings. The molecule has 0 bridgehead atoms. The molecular formula is C26H19NO3S. The third-order valence-corrected chi connectivity index (χ3v) is 6.41. The molecule has 0 saturated carbocycles. The van der Waals surface area contributed by atoms with Gasteiger partial charge in [0.05, 0.1) is 27.0 Å². The molecule has 5 rings (SSSR count).